The maximum Gasteiger partial charge on any atom is 0.235 e. The van der Waals surface area contributed by atoms with E-state index in [1.807, 2.05) is 0 Å². The van der Waals surface area contributed by atoms with Crippen LogP contribution < -0.4 is 0 Å². The summed E-state index contributed by atoms with van der Waals surface area (Å²) in [7, 11) is 0. The molecule has 56 heavy (non-hydrogen) atoms. The van der Waals surface area contributed by atoms with Crippen molar-refractivity contribution in [3.63, 3.8) is 0 Å². The Morgan fingerprint density at radius 1 is 0.339 bits per heavy atom. The Morgan fingerprint density at radius 3 is 1.80 bits per heavy atom. The first-order valence-electron chi connectivity index (χ1n) is 19.1. The van der Waals surface area contributed by atoms with E-state index in [4.69, 9.17) is 9.97 Å². The average Bonchev–Trinajstić information content (AvgIpc) is 3.78. The standard InChI is InChI=1S/C52H32N4/c1-2-16-37(17-3-1)55-46-24-12-9-19-39(46)44-31-35(28-29-48(44)55)43-32-49-50(40-20-7-6-18-38(40)43)42-22-10-13-25-47(42)56(49)52-53-45-23-11-8-21-41(45)51(54-52)36-27-26-33-14-4-5-15-34(33)30-36/h1-32H. The molecule has 260 valence electrons. The minimum absolute atomic E-state index is 0.653. The van der Waals surface area contributed by atoms with Crippen LogP contribution >= 0.6 is 0 Å². The van der Waals surface area contributed by atoms with Crippen molar-refractivity contribution in [3.05, 3.63) is 194 Å². The van der Waals surface area contributed by atoms with Gasteiger partial charge in [-0.25, -0.2) is 9.97 Å². The third-order valence-electron chi connectivity index (χ3n) is 11.5. The molecule has 0 fully saturated rings. The second kappa shape index (κ2) is 12.0. The molecule has 0 saturated heterocycles. The Kier molecular flexibility index (Phi) is 6.60. The first kappa shape index (κ1) is 30.9. The molecule has 0 atom stereocenters. The van der Waals surface area contributed by atoms with E-state index in [0.717, 1.165) is 38.9 Å². The van der Waals surface area contributed by atoms with Crippen LogP contribution in [0, 0.1) is 0 Å². The molecular formula is C52H32N4. The van der Waals surface area contributed by atoms with Crippen molar-refractivity contribution in [2.45, 2.75) is 0 Å². The van der Waals surface area contributed by atoms with Crippen LogP contribution in [0.2, 0.25) is 0 Å². The summed E-state index contributed by atoms with van der Waals surface area (Å²) in [5.74, 6) is 0.653. The van der Waals surface area contributed by atoms with Crippen LogP contribution in [0.1, 0.15) is 0 Å². The smallest absolute Gasteiger partial charge is 0.235 e. The lowest BCUT2D eigenvalue weighted by Gasteiger charge is -2.14. The quantitative estimate of drug-likeness (QED) is 0.182. The van der Waals surface area contributed by atoms with Gasteiger partial charge >= 0.3 is 0 Å². The Morgan fingerprint density at radius 2 is 0.964 bits per heavy atom. The molecule has 0 unspecified atom stereocenters. The average molecular weight is 713 g/mol. The molecule has 0 radical (unpaired) electrons. The number of hydrogen-bond donors (Lipinski definition) is 0. The highest BCUT2D eigenvalue weighted by Gasteiger charge is 2.21. The predicted octanol–water partition coefficient (Wildman–Crippen LogP) is 13.5. The number of aromatic nitrogens is 4. The summed E-state index contributed by atoms with van der Waals surface area (Å²) in [6, 6.07) is 69.7. The van der Waals surface area contributed by atoms with Gasteiger partial charge in [-0.2, -0.15) is 0 Å². The maximum atomic E-state index is 5.46. The van der Waals surface area contributed by atoms with Crippen LogP contribution in [0.25, 0.3) is 110 Å². The van der Waals surface area contributed by atoms with E-state index < -0.39 is 0 Å². The van der Waals surface area contributed by atoms with Gasteiger partial charge in [-0.05, 0) is 87.3 Å². The number of benzene rings is 9. The summed E-state index contributed by atoms with van der Waals surface area (Å²) in [5.41, 5.74) is 10.9. The van der Waals surface area contributed by atoms with Crippen molar-refractivity contribution in [2.24, 2.45) is 0 Å². The molecule has 0 amide bonds. The second-order valence-electron chi connectivity index (χ2n) is 14.6. The monoisotopic (exact) mass is 712 g/mol. The summed E-state index contributed by atoms with van der Waals surface area (Å²) in [6.07, 6.45) is 0. The van der Waals surface area contributed by atoms with E-state index in [1.54, 1.807) is 0 Å². The minimum Gasteiger partial charge on any atom is -0.309 e. The van der Waals surface area contributed by atoms with E-state index in [2.05, 4.69) is 203 Å². The molecule has 12 aromatic rings. The van der Waals surface area contributed by atoms with Gasteiger partial charge in [-0.1, -0.05) is 140 Å². The van der Waals surface area contributed by atoms with Crippen LogP contribution in [-0.2, 0) is 0 Å². The van der Waals surface area contributed by atoms with Crippen molar-refractivity contribution in [1.82, 2.24) is 19.1 Å². The lowest BCUT2D eigenvalue weighted by atomic mass is 9.94. The topological polar surface area (TPSA) is 35.6 Å². The van der Waals surface area contributed by atoms with Gasteiger partial charge in [0.2, 0.25) is 5.95 Å². The lowest BCUT2D eigenvalue weighted by molar-refractivity contribution is 1.01. The summed E-state index contributed by atoms with van der Waals surface area (Å²) >= 11 is 0. The van der Waals surface area contributed by atoms with Gasteiger partial charge in [0, 0.05) is 38.2 Å². The Balaban J connectivity index is 1.15. The fourth-order valence-electron chi connectivity index (χ4n) is 9.00. The summed E-state index contributed by atoms with van der Waals surface area (Å²) < 4.78 is 4.65. The normalized spacial score (nSPS) is 11.9. The van der Waals surface area contributed by atoms with Crippen molar-refractivity contribution in [2.75, 3.05) is 0 Å². The summed E-state index contributed by atoms with van der Waals surface area (Å²) in [4.78, 5) is 10.8. The molecule has 0 aliphatic rings. The molecule has 4 heteroatoms. The van der Waals surface area contributed by atoms with E-state index in [9.17, 15) is 0 Å². The largest absolute Gasteiger partial charge is 0.309 e. The third kappa shape index (κ3) is 4.53. The first-order chi connectivity index (χ1) is 27.8. The molecule has 9 aromatic carbocycles. The van der Waals surface area contributed by atoms with Gasteiger partial charge in [0.25, 0.3) is 0 Å². The highest BCUT2D eigenvalue weighted by Crippen LogP contribution is 2.43. The van der Waals surface area contributed by atoms with Gasteiger partial charge in [0.05, 0.1) is 33.3 Å². The van der Waals surface area contributed by atoms with E-state index in [0.29, 0.717) is 5.95 Å². The third-order valence-corrected chi connectivity index (χ3v) is 11.5. The highest BCUT2D eigenvalue weighted by atomic mass is 15.2. The van der Waals surface area contributed by atoms with Crippen LogP contribution in [0.5, 0.6) is 0 Å². The zero-order chi connectivity index (χ0) is 36.7. The number of hydrogen-bond acceptors (Lipinski definition) is 2. The van der Waals surface area contributed by atoms with Gasteiger partial charge in [-0.15, -0.1) is 0 Å². The van der Waals surface area contributed by atoms with Crippen LogP contribution in [0.4, 0.5) is 0 Å². The summed E-state index contributed by atoms with van der Waals surface area (Å²) in [5, 5.41) is 10.7. The number of fused-ring (bicyclic) bond motifs is 10. The number of nitrogens with zero attached hydrogens (tertiary/aromatic N) is 4. The molecule has 0 spiro atoms. The molecule has 0 aliphatic heterocycles. The molecule has 0 aliphatic carbocycles. The lowest BCUT2D eigenvalue weighted by Crippen LogP contribution is -2.03. The van der Waals surface area contributed by atoms with Gasteiger partial charge in [0.15, 0.2) is 0 Å². The maximum absolute atomic E-state index is 5.46. The highest BCUT2D eigenvalue weighted by molar-refractivity contribution is 6.24. The zero-order valence-corrected chi connectivity index (χ0v) is 30.3. The molecule has 3 aromatic heterocycles. The van der Waals surface area contributed by atoms with Crippen LogP contribution in [-0.4, -0.2) is 19.1 Å². The molecule has 4 nitrogen and oxygen atoms in total. The molecule has 0 saturated carbocycles. The minimum atomic E-state index is 0.653. The van der Waals surface area contributed by atoms with Crippen LogP contribution in [0.3, 0.4) is 0 Å². The fourth-order valence-corrected chi connectivity index (χ4v) is 9.00. The fraction of sp³-hybridized carbons (Fsp3) is 0. The molecule has 0 N–H and O–H groups in total. The Bertz CT molecular complexity index is 3540. The Labute approximate surface area is 322 Å². The second-order valence-corrected chi connectivity index (χ2v) is 14.6. The van der Waals surface area contributed by atoms with Gasteiger partial charge in [-0.3, -0.25) is 4.57 Å². The predicted molar refractivity (Wildman–Crippen MR) is 234 cm³/mol. The first-order valence-corrected chi connectivity index (χ1v) is 19.1. The van der Waals surface area contributed by atoms with Crippen molar-refractivity contribution in [1.29, 1.82) is 0 Å². The van der Waals surface area contributed by atoms with Crippen LogP contribution in [0.15, 0.2) is 194 Å². The molecule has 12 rings (SSSR count). The van der Waals surface area contributed by atoms with E-state index in [-0.39, 0.29) is 0 Å². The SMILES string of the molecule is c1ccc(-n2c3ccccc3c3cc(-c4cc5c(c6ccccc46)c4ccccc4n5-c4nc(-c5ccc6ccccc6c5)c5ccccc5n4)ccc32)cc1. The summed E-state index contributed by atoms with van der Waals surface area (Å²) in [6.45, 7) is 0. The van der Waals surface area contributed by atoms with Gasteiger partial charge in [0.1, 0.15) is 0 Å². The molecule has 0 bridgehead atoms. The molecule has 3 heterocycles. The Hall–Kier alpha value is -7.56. The van der Waals surface area contributed by atoms with Crippen molar-refractivity contribution >= 4 is 76.1 Å². The van der Waals surface area contributed by atoms with Crippen molar-refractivity contribution < 1.29 is 0 Å². The van der Waals surface area contributed by atoms with Gasteiger partial charge < -0.3 is 4.57 Å². The van der Waals surface area contributed by atoms with E-state index in [1.165, 1.54) is 65.3 Å². The van der Waals surface area contributed by atoms with Crippen molar-refractivity contribution in [3.8, 4) is 34.0 Å². The number of rotatable bonds is 4. The zero-order valence-electron chi connectivity index (χ0n) is 30.3. The number of para-hydroxylation sites is 4. The van der Waals surface area contributed by atoms with E-state index >= 15 is 0 Å². The molecular weight excluding hydrogens is 681 g/mol.